The lowest BCUT2D eigenvalue weighted by atomic mass is 9.90. The second kappa shape index (κ2) is 6.90. The lowest BCUT2D eigenvalue weighted by Gasteiger charge is -2.32. The highest BCUT2D eigenvalue weighted by Gasteiger charge is 2.36. The Labute approximate surface area is 122 Å². The SMILES string of the molecule is CC(C)CC(C)(CN)NC(=O)C1CCS(=O)(=O)C1.Cl. The molecule has 1 amide bonds. The van der Waals surface area contributed by atoms with Crippen LogP contribution in [0.5, 0.6) is 0 Å². The van der Waals surface area contributed by atoms with E-state index in [-0.39, 0.29) is 29.8 Å². The van der Waals surface area contributed by atoms with Crippen molar-refractivity contribution in [1.82, 2.24) is 5.32 Å². The van der Waals surface area contributed by atoms with Gasteiger partial charge < -0.3 is 11.1 Å². The molecule has 19 heavy (non-hydrogen) atoms. The van der Waals surface area contributed by atoms with E-state index in [4.69, 9.17) is 5.73 Å². The van der Waals surface area contributed by atoms with E-state index in [1.807, 2.05) is 6.92 Å². The monoisotopic (exact) mass is 312 g/mol. The van der Waals surface area contributed by atoms with Crippen molar-refractivity contribution in [3.05, 3.63) is 0 Å². The number of amides is 1. The third-order valence-corrected chi connectivity index (χ3v) is 5.11. The lowest BCUT2D eigenvalue weighted by molar-refractivity contribution is -0.126. The Kier molecular flexibility index (Phi) is 6.78. The van der Waals surface area contributed by atoms with Gasteiger partial charge in [0.25, 0.3) is 0 Å². The zero-order valence-electron chi connectivity index (χ0n) is 11.8. The molecule has 1 saturated heterocycles. The van der Waals surface area contributed by atoms with Crippen molar-refractivity contribution in [1.29, 1.82) is 0 Å². The third kappa shape index (κ3) is 5.67. The van der Waals surface area contributed by atoms with Gasteiger partial charge in [-0.3, -0.25) is 4.79 Å². The molecule has 1 aliphatic heterocycles. The van der Waals surface area contributed by atoms with Crippen LogP contribution in [-0.2, 0) is 14.6 Å². The first-order valence-electron chi connectivity index (χ1n) is 6.40. The first-order valence-corrected chi connectivity index (χ1v) is 8.22. The minimum atomic E-state index is -3.02. The Morgan fingerprint density at radius 1 is 1.47 bits per heavy atom. The smallest absolute Gasteiger partial charge is 0.224 e. The summed E-state index contributed by atoms with van der Waals surface area (Å²) in [7, 11) is -3.02. The van der Waals surface area contributed by atoms with Crippen LogP contribution in [0.15, 0.2) is 0 Å². The molecule has 5 nitrogen and oxygen atoms in total. The number of sulfone groups is 1. The average Bonchev–Trinajstić information content (AvgIpc) is 2.57. The first-order chi connectivity index (χ1) is 8.17. The van der Waals surface area contributed by atoms with Gasteiger partial charge in [-0.15, -0.1) is 12.4 Å². The predicted molar refractivity (Wildman–Crippen MR) is 79.1 cm³/mol. The number of hydrogen-bond acceptors (Lipinski definition) is 4. The van der Waals surface area contributed by atoms with E-state index in [0.29, 0.717) is 18.9 Å². The Hall–Kier alpha value is -0.330. The minimum absolute atomic E-state index is 0. The fourth-order valence-corrected chi connectivity index (χ4v) is 4.23. The molecule has 0 aromatic carbocycles. The van der Waals surface area contributed by atoms with Gasteiger partial charge in [0.1, 0.15) is 0 Å². The largest absolute Gasteiger partial charge is 0.349 e. The van der Waals surface area contributed by atoms with Gasteiger partial charge in [0.2, 0.25) is 5.91 Å². The number of nitrogens with one attached hydrogen (secondary N) is 1. The molecule has 1 heterocycles. The van der Waals surface area contributed by atoms with Gasteiger partial charge in [-0.05, 0) is 25.7 Å². The second-order valence-electron chi connectivity index (χ2n) is 5.95. The maximum absolute atomic E-state index is 12.1. The van der Waals surface area contributed by atoms with Crippen LogP contribution in [0.25, 0.3) is 0 Å². The van der Waals surface area contributed by atoms with Gasteiger partial charge in [0, 0.05) is 12.1 Å². The van der Waals surface area contributed by atoms with E-state index in [0.717, 1.165) is 6.42 Å². The van der Waals surface area contributed by atoms with E-state index in [1.165, 1.54) is 0 Å². The summed E-state index contributed by atoms with van der Waals surface area (Å²) in [6.45, 7) is 6.41. The van der Waals surface area contributed by atoms with E-state index < -0.39 is 21.3 Å². The molecule has 2 unspecified atom stereocenters. The number of nitrogens with two attached hydrogens (primary N) is 1. The summed E-state index contributed by atoms with van der Waals surface area (Å²) in [4.78, 5) is 12.1. The summed E-state index contributed by atoms with van der Waals surface area (Å²) in [6.07, 6.45) is 1.21. The maximum Gasteiger partial charge on any atom is 0.224 e. The molecule has 0 aliphatic carbocycles. The number of carbonyl (C=O) groups is 1. The van der Waals surface area contributed by atoms with Crippen LogP contribution in [0.3, 0.4) is 0 Å². The van der Waals surface area contributed by atoms with Gasteiger partial charge in [-0.1, -0.05) is 13.8 Å². The Morgan fingerprint density at radius 2 is 2.05 bits per heavy atom. The zero-order chi connectivity index (χ0) is 14.0. The summed E-state index contributed by atoms with van der Waals surface area (Å²) in [6, 6.07) is 0. The average molecular weight is 313 g/mol. The van der Waals surface area contributed by atoms with Crippen LogP contribution in [0.4, 0.5) is 0 Å². The van der Waals surface area contributed by atoms with E-state index in [2.05, 4.69) is 19.2 Å². The number of hydrogen-bond donors (Lipinski definition) is 2. The fourth-order valence-electron chi connectivity index (χ4n) is 2.49. The molecule has 0 aromatic heterocycles. The Balaban J connectivity index is 0.00000324. The number of rotatable bonds is 5. The molecular formula is C12H25ClN2O3S. The normalized spacial score (nSPS) is 24.6. The van der Waals surface area contributed by atoms with Crippen LogP contribution < -0.4 is 11.1 Å². The lowest BCUT2D eigenvalue weighted by Crippen LogP contribution is -2.53. The van der Waals surface area contributed by atoms with Gasteiger partial charge >= 0.3 is 0 Å². The van der Waals surface area contributed by atoms with Crippen LogP contribution in [0.2, 0.25) is 0 Å². The summed E-state index contributed by atoms with van der Waals surface area (Å²) in [5.41, 5.74) is 5.28. The minimum Gasteiger partial charge on any atom is -0.349 e. The van der Waals surface area contributed by atoms with Crippen molar-refractivity contribution in [2.24, 2.45) is 17.6 Å². The molecule has 0 saturated carbocycles. The molecule has 0 aromatic rings. The molecule has 2 atom stereocenters. The summed E-state index contributed by atoms with van der Waals surface area (Å²) < 4.78 is 22.7. The molecule has 7 heteroatoms. The summed E-state index contributed by atoms with van der Waals surface area (Å²) in [5.74, 6) is -0.0701. The molecular weight excluding hydrogens is 288 g/mol. The molecule has 1 fully saturated rings. The van der Waals surface area contributed by atoms with Crippen LogP contribution in [-0.4, -0.2) is 37.9 Å². The van der Waals surface area contributed by atoms with Crippen molar-refractivity contribution < 1.29 is 13.2 Å². The van der Waals surface area contributed by atoms with Crippen LogP contribution in [0, 0.1) is 11.8 Å². The molecule has 1 rings (SSSR count). The van der Waals surface area contributed by atoms with Gasteiger partial charge in [0.15, 0.2) is 9.84 Å². The zero-order valence-corrected chi connectivity index (χ0v) is 13.4. The van der Waals surface area contributed by atoms with Gasteiger partial charge in [0.05, 0.1) is 17.4 Å². The van der Waals surface area contributed by atoms with Gasteiger partial charge in [-0.2, -0.15) is 0 Å². The Morgan fingerprint density at radius 3 is 2.42 bits per heavy atom. The van der Waals surface area contributed by atoms with Crippen molar-refractivity contribution >= 4 is 28.2 Å². The third-order valence-electron chi connectivity index (χ3n) is 3.34. The van der Waals surface area contributed by atoms with Crippen molar-refractivity contribution in [2.75, 3.05) is 18.1 Å². The second-order valence-corrected chi connectivity index (χ2v) is 8.18. The molecule has 114 valence electrons. The highest BCUT2D eigenvalue weighted by Crippen LogP contribution is 2.21. The number of carbonyl (C=O) groups excluding carboxylic acids is 1. The van der Waals surface area contributed by atoms with E-state index in [9.17, 15) is 13.2 Å². The highest BCUT2D eigenvalue weighted by atomic mass is 35.5. The molecule has 0 bridgehead atoms. The quantitative estimate of drug-likeness (QED) is 0.783. The molecule has 1 aliphatic rings. The summed E-state index contributed by atoms with van der Waals surface area (Å²) >= 11 is 0. The van der Waals surface area contributed by atoms with Crippen LogP contribution in [0.1, 0.15) is 33.6 Å². The highest BCUT2D eigenvalue weighted by molar-refractivity contribution is 7.91. The summed E-state index contributed by atoms with van der Waals surface area (Å²) in [5, 5.41) is 2.93. The standard InChI is InChI=1S/C12H24N2O3S.ClH/c1-9(2)6-12(3,8-13)14-11(15)10-4-5-18(16,17)7-10;/h9-10H,4-8,13H2,1-3H3,(H,14,15);1H. The van der Waals surface area contributed by atoms with E-state index >= 15 is 0 Å². The number of halogens is 1. The van der Waals surface area contributed by atoms with Gasteiger partial charge in [-0.25, -0.2) is 8.42 Å². The van der Waals surface area contributed by atoms with Crippen molar-refractivity contribution in [3.63, 3.8) is 0 Å². The topological polar surface area (TPSA) is 89.3 Å². The van der Waals surface area contributed by atoms with Crippen LogP contribution >= 0.6 is 12.4 Å². The van der Waals surface area contributed by atoms with E-state index in [1.54, 1.807) is 0 Å². The maximum atomic E-state index is 12.1. The molecule has 3 N–H and O–H groups in total. The van der Waals surface area contributed by atoms with Crippen molar-refractivity contribution in [2.45, 2.75) is 39.2 Å². The fraction of sp³-hybridized carbons (Fsp3) is 0.917. The Bertz CT molecular complexity index is 411. The van der Waals surface area contributed by atoms with Crippen molar-refractivity contribution in [3.8, 4) is 0 Å². The predicted octanol–water partition coefficient (Wildman–Crippen LogP) is 0.723. The first kappa shape index (κ1) is 18.7. The molecule has 0 radical (unpaired) electrons. The molecule has 0 spiro atoms.